The molecule has 0 saturated carbocycles. The van der Waals surface area contributed by atoms with Crippen molar-refractivity contribution in [3.05, 3.63) is 41.1 Å². The second kappa shape index (κ2) is 5.48. The fourth-order valence-corrected chi connectivity index (χ4v) is 2.89. The molecule has 2 aromatic heterocycles. The summed E-state index contributed by atoms with van der Waals surface area (Å²) in [5.74, 6) is 0.328. The van der Waals surface area contributed by atoms with E-state index in [4.69, 9.17) is 4.74 Å². The molecule has 120 valence electrons. The molecule has 0 saturated heterocycles. The van der Waals surface area contributed by atoms with Gasteiger partial charge in [0.05, 0.1) is 23.9 Å². The monoisotopic (exact) mass is 335 g/mol. The maximum Gasteiger partial charge on any atom is 0.347 e. The summed E-state index contributed by atoms with van der Waals surface area (Å²) in [7, 11) is -0.822. The lowest BCUT2D eigenvalue weighted by Gasteiger charge is -2.09. The number of H-pyrrole nitrogens is 1. The number of aromatic nitrogens is 4. The highest BCUT2D eigenvalue weighted by Crippen LogP contribution is 2.31. The van der Waals surface area contributed by atoms with Crippen LogP contribution in [0.2, 0.25) is 0 Å². The molecule has 0 fully saturated rings. The minimum atomic E-state index is -3.58. The number of sulfonamides is 1. The van der Waals surface area contributed by atoms with Crippen molar-refractivity contribution in [2.75, 3.05) is 14.2 Å². The van der Waals surface area contributed by atoms with Gasteiger partial charge in [-0.05, 0) is 19.2 Å². The van der Waals surface area contributed by atoms with Crippen molar-refractivity contribution < 1.29 is 13.2 Å². The average molecular weight is 335 g/mol. The van der Waals surface area contributed by atoms with Gasteiger partial charge in [0.1, 0.15) is 5.75 Å². The summed E-state index contributed by atoms with van der Waals surface area (Å²) in [6, 6.07) is 4.41. The minimum absolute atomic E-state index is 0.0730. The van der Waals surface area contributed by atoms with Gasteiger partial charge in [0.15, 0.2) is 5.65 Å². The third-order valence-corrected chi connectivity index (χ3v) is 4.73. The van der Waals surface area contributed by atoms with Gasteiger partial charge < -0.3 is 4.74 Å². The van der Waals surface area contributed by atoms with Crippen LogP contribution in [0.1, 0.15) is 0 Å². The van der Waals surface area contributed by atoms with Gasteiger partial charge in [-0.25, -0.2) is 32.4 Å². The Labute approximate surface area is 131 Å². The third kappa shape index (κ3) is 2.58. The number of nitrogens with one attached hydrogen (secondary N) is 2. The molecule has 0 spiro atoms. The maximum atomic E-state index is 11.9. The van der Waals surface area contributed by atoms with E-state index < -0.39 is 15.7 Å². The van der Waals surface area contributed by atoms with E-state index in [0.717, 1.165) is 0 Å². The van der Waals surface area contributed by atoms with Gasteiger partial charge >= 0.3 is 5.69 Å². The van der Waals surface area contributed by atoms with Gasteiger partial charge in [0, 0.05) is 17.8 Å². The molecule has 0 unspecified atom stereocenters. The molecule has 0 radical (unpaired) electrons. The Hall–Kier alpha value is -2.72. The molecule has 0 bridgehead atoms. The number of imidazole rings is 1. The number of hydrogen-bond donors (Lipinski definition) is 2. The summed E-state index contributed by atoms with van der Waals surface area (Å²) in [6.45, 7) is 0. The molecule has 2 heterocycles. The molecule has 23 heavy (non-hydrogen) atoms. The quantitative estimate of drug-likeness (QED) is 0.693. The molecule has 0 amide bonds. The van der Waals surface area contributed by atoms with Gasteiger partial charge in [-0.3, -0.25) is 0 Å². The summed E-state index contributed by atoms with van der Waals surface area (Å²) < 4.78 is 32.5. The first-order valence-electron chi connectivity index (χ1n) is 6.51. The highest BCUT2D eigenvalue weighted by Gasteiger charge is 2.17. The molecule has 3 rings (SSSR count). The lowest BCUT2D eigenvalue weighted by Crippen LogP contribution is -2.18. The van der Waals surface area contributed by atoms with E-state index in [9.17, 15) is 13.2 Å². The Bertz CT molecular complexity index is 1040. The van der Waals surface area contributed by atoms with Crippen LogP contribution in [0.15, 0.2) is 40.3 Å². The van der Waals surface area contributed by atoms with E-state index in [1.807, 2.05) is 0 Å². The number of hydrogen-bond acceptors (Lipinski definition) is 6. The van der Waals surface area contributed by atoms with Crippen molar-refractivity contribution in [2.45, 2.75) is 4.90 Å². The molecule has 0 aliphatic heterocycles. The molecule has 2 N–H and O–H groups in total. The normalized spacial score (nSPS) is 11.7. The van der Waals surface area contributed by atoms with E-state index in [0.29, 0.717) is 22.7 Å². The highest BCUT2D eigenvalue weighted by molar-refractivity contribution is 7.89. The zero-order valence-corrected chi connectivity index (χ0v) is 13.1. The predicted octanol–water partition coefficient (Wildman–Crippen LogP) is 0.00130. The Balaban J connectivity index is 2.19. The predicted molar refractivity (Wildman–Crippen MR) is 81.8 cm³/mol. The molecule has 0 aliphatic rings. The van der Waals surface area contributed by atoms with Gasteiger partial charge in [0.2, 0.25) is 10.0 Å². The largest absolute Gasteiger partial charge is 0.496 e. The molecule has 0 atom stereocenters. The van der Waals surface area contributed by atoms with Crippen molar-refractivity contribution in [2.24, 2.45) is 0 Å². The Morgan fingerprint density at radius 1 is 1.35 bits per heavy atom. The summed E-state index contributed by atoms with van der Waals surface area (Å²) >= 11 is 0. The van der Waals surface area contributed by atoms with Crippen LogP contribution in [-0.4, -0.2) is 42.2 Å². The smallest absolute Gasteiger partial charge is 0.347 e. The zero-order chi connectivity index (χ0) is 16.6. The van der Waals surface area contributed by atoms with Crippen LogP contribution < -0.4 is 15.1 Å². The number of aromatic amines is 1. The first-order valence-corrected chi connectivity index (χ1v) is 7.99. The second-order valence-electron chi connectivity index (χ2n) is 4.60. The summed E-state index contributed by atoms with van der Waals surface area (Å²) in [6.07, 6.45) is 2.94. The molecule has 1 aromatic carbocycles. The van der Waals surface area contributed by atoms with E-state index in [1.54, 1.807) is 6.07 Å². The first-order chi connectivity index (χ1) is 11.0. The minimum Gasteiger partial charge on any atom is -0.496 e. The SMILES string of the molecule is CNS(=O)(=O)c1ccc(-c2cn3c(=O)[nH]ncc3n2)c(OC)c1. The van der Waals surface area contributed by atoms with E-state index in [-0.39, 0.29) is 4.90 Å². The van der Waals surface area contributed by atoms with E-state index in [1.165, 1.54) is 43.1 Å². The fourth-order valence-electron chi connectivity index (χ4n) is 2.15. The molecular weight excluding hydrogens is 322 g/mol. The number of ether oxygens (including phenoxy) is 1. The van der Waals surface area contributed by atoms with E-state index >= 15 is 0 Å². The molecule has 0 aliphatic carbocycles. The standard InChI is InChI=1S/C13H13N5O4S/c1-14-23(20,21)8-3-4-9(11(5-8)22-2)10-7-18-12(16-10)6-15-17-13(18)19/h3-7,14H,1-2H3,(H,17,19). The number of methoxy groups -OCH3 is 1. The number of benzene rings is 1. The van der Waals surface area contributed by atoms with Crippen LogP contribution in [0.3, 0.4) is 0 Å². The van der Waals surface area contributed by atoms with E-state index in [2.05, 4.69) is 19.9 Å². The van der Waals surface area contributed by atoms with Crippen LogP contribution in [0.5, 0.6) is 5.75 Å². The number of rotatable bonds is 4. The fraction of sp³-hybridized carbons (Fsp3) is 0.154. The summed E-state index contributed by atoms with van der Waals surface area (Å²) in [5, 5.41) is 5.98. The number of nitrogens with zero attached hydrogens (tertiary/aromatic N) is 3. The zero-order valence-electron chi connectivity index (χ0n) is 12.3. The van der Waals surface area contributed by atoms with Crippen molar-refractivity contribution in [3.8, 4) is 17.0 Å². The topological polar surface area (TPSA) is 118 Å². The van der Waals surface area contributed by atoms with Crippen molar-refractivity contribution >= 4 is 15.7 Å². The number of fused-ring (bicyclic) bond motifs is 1. The summed E-state index contributed by atoms with van der Waals surface area (Å²) in [5.41, 5.74) is 0.978. The van der Waals surface area contributed by atoms with Crippen LogP contribution in [-0.2, 0) is 10.0 Å². The highest BCUT2D eigenvalue weighted by atomic mass is 32.2. The maximum absolute atomic E-state index is 11.9. The Kier molecular flexibility index (Phi) is 3.62. The lowest BCUT2D eigenvalue weighted by molar-refractivity contribution is 0.415. The van der Waals surface area contributed by atoms with Crippen molar-refractivity contribution in [1.82, 2.24) is 24.3 Å². The summed E-state index contributed by atoms with van der Waals surface area (Å²) in [4.78, 5) is 16.1. The Morgan fingerprint density at radius 3 is 2.78 bits per heavy atom. The third-order valence-electron chi connectivity index (χ3n) is 3.32. The first kappa shape index (κ1) is 15.2. The molecular formula is C13H13N5O4S. The van der Waals surface area contributed by atoms with Crippen LogP contribution in [0.4, 0.5) is 0 Å². The van der Waals surface area contributed by atoms with Crippen LogP contribution in [0.25, 0.3) is 16.9 Å². The Morgan fingerprint density at radius 2 is 2.13 bits per heavy atom. The molecule has 9 nitrogen and oxygen atoms in total. The van der Waals surface area contributed by atoms with Gasteiger partial charge in [-0.2, -0.15) is 5.10 Å². The van der Waals surface area contributed by atoms with Crippen LogP contribution >= 0.6 is 0 Å². The van der Waals surface area contributed by atoms with Gasteiger partial charge in [-0.1, -0.05) is 0 Å². The molecule has 10 heteroatoms. The van der Waals surface area contributed by atoms with Gasteiger partial charge in [-0.15, -0.1) is 0 Å². The van der Waals surface area contributed by atoms with Crippen molar-refractivity contribution in [1.29, 1.82) is 0 Å². The van der Waals surface area contributed by atoms with Crippen molar-refractivity contribution in [3.63, 3.8) is 0 Å². The lowest BCUT2D eigenvalue weighted by atomic mass is 10.1. The molecule has 3 aromatic rings. The second-order valence-corrected chi connectivity index (χ2v) is 6.49. The average Bonchev–Trinajstić information content (AvgIpc) is 2.99. The van der Waals surface area contributed by atoms with Gasteiger partial charge in [0.25, 0.3) is 0 Å². The van der Waals surface area contributed by atoms with Crippen LogP contribution in [0, 0.1) is 0 Å².